The van der Waals surface area contributed by atoms with Crippen LogP contribution in [0.25, 0.3) is 6.08 Å². The minimum absolute atomic E-state index is 0.240. The van der Waals surface area contributed by atoms with E-state index in [1.165, 1.54) is 30.4 Å². The van der Waals surface area contributed by atoms with Gasteiger partial charge in [0, 0.05) is 0 Å². The molecule has 3 heteroatoms. The van der Waals surface area contributed by atoms with Crippen LogP contribution in [0.4, 0.5) is 4.39 Å². The van der Waals surface area contributed by atoms with Crippen molar-refractivity contribution in [1.29, 1.82) is 0 Å². The first-order valence-corrected chi connectivity index (χ1v) is 3.79. The first-order valence-electron chi connectivity index (χ1n) is 3.79. The quantitative estimate of drug-likeness (QED) is 0.565. The van der Waals surface area contributed by atoms with Crippen LogP contribution in [0.3, 0.4) is 0 Å². The average Bonchev–Trinajstić information content (AvgIpc) is 2.16. The molecule has 1 aromatic rings. The molecule has 0 aliphatic heterocycles. The van der Waals surface area contributed by atoms with Crippen LogP contribution in [-0.2, 0) is 11.4 Å². The van der Waals surface area contributed by atoms with Crippen molar-refractivity contribution in [2.45, 2.75) is 6.61 Å². The number of carbonyl (C=O) groups is 1. The molecular formula is C10H9FO2. The molecule has 0 atom stereocenters. The summed E-state index contributed by atoms with van der Waals surface area (Å²) in [6.45, 7) is -0.240. The van der Waals surface area contributed by atoms with Crippen LogP contribution in [0.15, 0.2) is 24.3 Å². The molecule has 0 radical (unpaired) electrons. The summed E-state index contributed by atoms with van der Waals surface area (Å²) in [5.74, 6) is -0.396. The highest BCUT2D eigenvalue weighted by molar-refractivity contribution is 5.74. The summed E-state index contributed by atoms with van der Waals surface area (Å²) in [4.78, 5) is 10.0. The topological polar surface area (TPSA) is 37.3 Å². The van der Waals surface area contributed by atoms with Crippen LogP contribution < -0.4 is 0 Å². The molecule has 1 rings (SSSR count). The second-order valence-corrected chi connectivity index (χ2v) is 2.50. The van der Waals surface area contributed by atoms with Gasteiger partial charge in [-0.25, -0.2) is 4.39 Å². The molecule has 1 aromatic carbocycles. The number of carbonyl (C=O) groups excluding carboxylic acids is 1. The molecule has 0 bridgehead atoms. The van der Waals surface area contributed by atoms with E-state index in [1.54, 1.807) is 0 Å². The van der Waals surface area contributed by atoms with E-state index in [-0.39, 0.29) is 6.61 Å². The molecule has 0 unspecified atom stereocenters. The van der Waals surface area contributed by atoms with Gasteiger partial charge in [0.25, 0.3) is 0 Å². The number of allylic oxidation sites excluding steroid dienone is 1. The van der Waals surface area contributed by atoms with E-state index in [0.29, 0.717) is 17.4 Å². The predicted octanol–water partition coefficient (Wildman–Crippen LogP) is 1.53. The van der Waals surface area contributed by atoms with Gasteiger partial charge < -0.3 is 5.11 Å². The third-order valence-electron chi connectivity index (χ3n) is 1.63. The monoisotopic (exact) mass is 180 g/mol. The van der Waals surface area contributed by atoms with Gasteiger partial charge in [0.05, 0.1) is 6.61 Å². The number of hydrogen-bond acceptors (Lipinski definition) is 2. The maximum Gasteiger partial charge on any atom is 0.142 e. The molecule has 0 amide bonds. The SMILES string of the molecule is O=CC=Cc1ccc(F)cc1CO. The van der Waals surface area contributed by atoms with E-state index in [2.05, 4.69) is 0 Å². The van der Waals surface area contributed by atoms with Gasteiger partial charge in [-0.1, -0.05) is 12.1 Å². The molecule has 0 fully saturated rings. The van der Waals surface area contributed by atoms with Gasteiger partial charge in [-0.05, 0) is 29.3 Å². The van der Waals surface area contributed by atoms with Crippen molar-refractivity contribution >= 4 is 12.4 Å². The second-order valence-electron chi connectivity index (χ2n) is 2.50. The van der Waals surface area contributed by atoms with Gasteiger partial charge in [-0.3, -0.25) is 4.79 Å². The van der Waals surface area contributed by atoms with Crippen molar-refractivity contribution in [3.8, 4) is 0 Å². The van der Waals surface area contributed by atoms with Crippen LogP contribution in [0.1, 0.15) is 11.1 Å². The zero-order valence-electron chi connectivity index (χ0n) is 6.90. The van der Waals surface area contributed by atoms with E-state index < -0.39 is 5.82 Å². The predicted molar refractivity (Wildman–Crippen MR) is 47.4 cm³/mol. The first-order chi connectivity index (χ1) is 6.27. The number of rotatable bonds is 3. The van der Waals surface area contributed by atoms with E-state index in [1.807, 2.05) is 0 Å². The number of aliphatic hydroxyl groups excluding tert-OH is 1. The van der Waals surface area contributed by atoms with E-state index in [0.717, 1.165) is 0 Å². The molecule has 0 aromatic heterocycles. The lowest BCUT2D eigenvalue weighted by molar-refractivity contribution is -0.104. The van der Waals surface area contributed by atoms with Gasteiger partial charge in [-0.15, -0.1) is 0 Å². The molecule has 0 aliphatic rings. The molecule has 68 valence electrons. The Labute approximate surface area is 75.3 Å². The number of aldehydes is 1. The van der Waals surface area contributed by atoms with Crippen LogP contribution in [-0.4, -0.2) is 11.4 Å². The highest BCUT2D eigenvalue weighted by Gasteiger charge is 1.99. The van der Waals surface area contributed by atoms with Gasteiger partial charge >= 0.3 is 0 Å². The Balaban J connectivity index is 3.05. The van der Waals surface area contributed by atoms with Crippen molar-refractivity contribution in [3.63, 3.8) is 0 Å². The summed E-state index contributed by atoms with van der Waals surface area (Å²) in [6, 6.07) is 4.04. The van der Waals surface area contributed by atoms with Crippen LogP contribution in [0.5, 0.6) is 0 Å². The lowest BCUT2D eigenvalue weighted by Crippen LogP contribution is -1.89. The third-order valence-corrected chi connectivity index (χ3v) is 1.63. The summed E-state index contributed by atoms with van der Waals surface area (Å²) in [6.07, 6.45) is 3.45. The Kier molecular flexibility index (Phi) is 3.34. The lowest BCUT2D eigenvalue weighted by Gasteiger charge is -2.01. The molecule has 1 N–H and O–H groups in total. The largest absolute Gasteiger partial charge is 0.392 e. The molecular weight excluding hydrogens is 171 g/mol. The van der Waals surface area contributed by atoms with Gasteiger partial charge in [0.2, 0.25) is 0 Å². The number of hydrogen-bond donors (Lipinski definition) is 1. The van der Waals surface area contributed by atoms with Crippen LogP contribution >= 0.6 is 0 Å². The first kappa shape index (κ1) is 9.61. The summed E-state index contributed by atoms with van der Waals surface area (Å²) in [5, 5.41) is 8.85. The van der Waals surface area contributed by atoms with Crippen LogP contribution in [0.2, 0.25) is 0 Å². The Morgan fingerprint density at radius 3 is 2.85 bits per heavy atom. The lowest BCUT2D eigenvalue weighted by atomic mass is 10.1. The summed E-state index contributed by atoms with van der Waals surface area (Å²) in [7, 11) is 0. The number of halogens is 1. The molecule has 13 heavy (non-hydrogen) atoms. The van der Waals surface area contributed by atoms with Crippen molar-refractivity contribution in [2.75, 3.05) is 0 Å². The molecule has 0 saturated heterocycles. The maximum absolute atomic E-state index is 12.7. The fraction of sp³-hybridized carbons (Fsp3) is 0.100. The van der Waals surface area contributed by atoms with Crippen molar-refractivity contribution in [3.05, 3.63) is 41.2 Å². The Bertz CT molecular complexity index is 332. The summed E-state index contributed by atoms with van der Waals surface area (Å²) in [5.41, 5.74) is 1.12. The molecule has 0 spiro atoms. The van der Waals surface area contributed by atoms with E-state index in [9.17, 15) is 9.18 Å². The van der Waals surface area contributed by atoms with E-state index >= 15 is 0 Å². The van der Waals surface area contributed by atoms with Crippen molar-refractivity contribution in [2.24, 2.45) is 0 Å². The fourth-order valence-corrected chi connectivity index (χ4v) is 1.02. The van der Waals surface area contributed by atoms with Gasteiger partial charge in [0.1, 0.15) is 12.1 Å². The highest BCUT2D eigenvalue weighted by Crippen LogP contribution is 2.12. The van der Waals surface area contributed by atoms with Gasteiger partial charge in [-0.2, -0.15) is 0 Å². The third kappa shape index (κ3) is 2.49. The Hall–Kier alpha value is -1.48. The van der Waals surface area contributed by atoms with Crippen molar-refractivity contribution < 1.29 is 14.3 Å². The Morgan fingerprint density at radius 1 is 1.46 bits per heavy atom. The second kappa shape index (κ2) is 4.52. The van der Waals surface area contributed by atoms with E-state index in [4.69, 9.17) is 5.11 Å². The highest BCUT2D eigenvalue weighted by atomic mass is 19.1. The summed E-state index contributed by atoms with van der Waals surface area (Å²) < 4.78 is 12.7. The summed E-state index contributed by atoms with van der Waals surface area (Å²) >= 11 is 0. The standard InChI is InChI=1S/C10H9FO2/c11-10-4-3-8(2-1-5-12)9(6-10)7-13/h1-6,13H,7H2. The zero-order valence-corrected chi connectivity index (χ0v) is 6.90. The van der Waals surface area contributed by atoms with Crippen LogP contribution in [0, 0.1) is 5.82 Å². The number of benzene rings is 1. The molecule has 2 nitrogen and oxygen atoms in total. The molecule has 0 heterocycles. The average molecular weight is 180 g/mol. The maximum atomic E-state index is 12.7. The minimum atomic E-state index is -0.396. The smallest absolute Gasteiger partial charge is 0.142 e. The molecule has 0 saturated carbocycles. The van der Waals surface area contributed by atoms with Gasteiger partial charge in [0.15, 0.2) is 0 Å². The number of aliphatic hydroxyl groups is 1. The Morgan fingerprint density at radius 2 is 2.23 bits per heavy atom. The minimum Gasteiger partial charge on any atom is -0.392 e. The fourth-order valence-electron chi connectivity index (χ4n) is 1.02. The van der Waals surface area contributed by atoms with Crippen molar-refractivity contribution in [1.82, 2.24) is 0 Å². The normalized spacial score (nSPS) is 10.6. The zero-order chi connectivity index (χ0) is 9.68. The molecule has 0 aliphatic carbocycles.